The van der Waals surface area contributed by atoms with E-state index in [1.807, 2.05) is 30.3 Å². The summed E-state index contributed by atoms with van der Waals surface area (Å²) in [5.41, 5.74) is 2.03. The van der Waals surface area contributed by atoms with E-state index in [4.69, 9.17) is 0 Å². The number of amides is 3. The van der Waals surface area contributed by atoms with Crippen molar-refractivity contribution < 1.29 is 14.4 Å². The lowest BCUT2D eigenvalue weighted by Gasteiger charge is -2.35. The monoisotopic (exact) mass is 365 g/mol. The van der Waals surface area contributed by atoms with E-state index in [1.54, 1.807) is 36.1 Å². The fourth-order valence-electron chi connectivity index (χ4n) is 3.14. The molecule has 0 spiro atoms. The molecule has 2 N–H and O–H groups in total. The van der Waals surface area contributed by atoms with Crippen LogP contribution >= 0.6 is 0 Å². The first-order valence-electron chi connectivity index (χ1n) is 9.11. The van der Waals surface area contributed by atoms with Gasteiger partial charge < -0.3 is 15.5 Å². The van der Waals surface area contributed by atoms with E-state index in [1.165, 1.54) is 0 Å². The minimum atomic E-state index is -0.553. The second-order valence-electron chi connectivity index (χ2n) is 6.48. The van der Waals surface area contributed by atoms with Gasteiger partial charge in [0.25, 0.3) is 5.91 Å². The first kappa shape index (κ1) is 18.6. The van der Waals surface area contributed by atoms with E-state index in [2.05, 4.69) is 10.6 Å². The van der Waals surface area contributed by atoms with Gasteiger partial charge in [0.1, 0.15) is 6.04 Å². The highest BCUT2D eigenvalue weighted by Gasteiger charge is 2.33. The molecular formula is C21H23N3O3. The molecule has 1 heterocycles. The zero-order valence-electron chi connectivity index (χ0n) is 15.3. The van der Waals surface area contributed by atoms with Crippen molar-refractivity contribution in [1.82, 2.24) is 10.2 Å². The number of hydrogen-bond acceptors (Lipinski definition) is 3. The van der Waals surface area contributed by atoms with Crippen molar-refractivity contribution in [2.45, 2.75) is 25.8 Å². The maximum absolute atomic E-state index is 13.1. The summed E-state index contributed by atoms with van der Waals surface area (Å²) in [6.45, 7) is 2.65. The van der Waals surface area contributed by atoms with Crippen LogP contribution in [-0.2, 0) is 16.0 Å². The molecule has 0 saturated carbocycles. The van der Waals surface area contributed by atoms with Crippen LogP contribution in [0.25, 0.3) is 0 Å². The third-order valence-electron chi connectivity index (χ3n) is 4.58. The van der Waals surface area contributed by atoms with Crippen molar-refractivity contribution in [3.8, 4) is 0 Å². The van der Waals surface area contributed by atoms with Crippen LogP contribution in [0.1, 0.15) is 29.3 Å². The molecule has 1 atom stereocenters. The first-order valence-corrected chi connectivity index (χ1v) is 9.11. The molecule has 0 aliphatic carbocycles. The van der Waals surface area contributed by atoms with Crippen molar-refractivity contribution in [3.05, 3.63) is 65.7 Å². The van der Waals surface area contributed by atoms with Crippen LogP contribution in [0.3, 0.4) is 0 Å². The number of hydrogen-bond donors (Lipinski definition) is 2. The zero-order chi connectivity index (χ0) is 19.2. The van der Waals surface area contributed by atoms with Gasteiger partial charge in [-0.05, 0) is 23.8 Å². The van der Waals surface area contributed by atoms with Gasteiger partial charge in [0.05, 0.1) is 0 Å². The van der Waals surface area contributed by atoms with Crippen molar-refractivity contribution in [1.29, 1.82) is 0 Å². The third-order valence-corrected chi connectivity index (χ3v) is 4.58. The Morgan fingerprint density at radius 3 is 2.67 bits per heavy atom. The SMILES string of the molecule is CCC(=O)Nc1cccc(C(=O)N2CCNC(=O)C2Cc2ccccc2)c1. The molecule has 3 rings (SSSR count). The molecule has 2 aromatic rings. The average Bonchev–Trinajstić information content (AvgIpc) is 2.70. The van der Waals surface area contributed by atoms with E-state index in [0.29, 0.717) is 37.2 Å². The van der Waals surface area contributed by atoms with Gasteiger partial charge in [-0.1, -0.05) is 43.3 Å². The van der Waals surface area contributed by atoms with Gasteiger partial charge in [0.2, 0.25) is 11.8 Å². The Bertz CT molecular complexity index is 836. The number of carbonyl (C=O) groups excluding carboxylic acids is 3. The average molecular weight is 365 g/mol. The molecule has 0 bridgehead atoms. The van der Waals surface area contributed by atoms with E-state index in [0.717, 1.165) is 5.56 Å². The fraction of sp³-hybridized carbons (Fsp3) is 0.286. The van der Waals surface area contributed by atoms with Gasteiger partial charge in [-0.15, -0.1) is 0 Å². The number of benzene rings is 2. The Balaban J connectivity index is 1.81. The Morgan fingerprint density at radius 2 is 1.93 bits per heavy atom. The predicted octanol–water partition coefficient (Wildman–Crippen LogP) is 2.22. The van der Waals surface area contributed by atoms with Gasteiger partial charge in [-0.3, -0.25) is 14.4 Å². The standard InChI is InChI=1S/C21H23N3O3/c1-2-19(25)23-17-10-6-9-16(14-17)21(27)24-12-11-22-20(26)18(24)13-15-7-4-3-5-8-15/h3-10,14,18H,2,11-13H2,1H3,(H,22,26)(H,23,25). The summed E-state index contributed by atoms with van der Waals surface area (Å²) >= 11 is 0. The largest absolute Gasteiger partial charge is 0.353 e. The van der Waals surface area contributed by atoms with Crippen molar-refractivity contribution in [2.24, 2.45) is 0 Å². The highest BCUT2D eigenvalue weighted by atomic mass is 16.2. The van der Waals surface area contributed by atoms with E-state index >= 15 is 0 Å². The van der Waals surface area contributed by atoms with Crippen LogP contribution in [-0.4, -0.2) is 41.8 Å². The van der Waals surface area contributed by atoms with Crippen LogP contribution in [0.5, 0.6) is 0 Å². The minimum absolute atomic E-state index is 0.112. The Labute approximate surface area is 158 Å². The summed E-state index contributed by atoms with van der Waals surface area (Å²) in [5, 5.41) is 5.60. The third kappa shape index (κ3) is 4.53. The van der Waals surface area contributed by atoms with Crippen LogP contribution in [0.2, 0.25) is 0 Å². The summed E-state index contributed by atoms with van der Waals surface area (Å²) in [4.78, 5) is 38.7. The van der Waals surface area contributed by atoms with Gasteiger partial charge in [0, 0.05) is 37.2 Å². The number of nitrogens with one attached hydrogen (secondary N) is 2. The normalized spacial score (nSPS) is 16.6. The molecular weight excluding hydrogens is 342 g/mol. The highest BCUT2D eigenvalue weighted by Crippen LogP contribution is 2.18. The molecule has 2 aromatic carbocycles. The van der Waals surface area contributed by atoms with Gasteiger partial charge in [-0.25, -0.2) is 0 Å². The van der Waals surface area contributed by atoms with Crippen molar-refractivity contribution >= 4 is 23.4 Å². The Morgan fingerprint density at radius 1 is 1.15 bits per heavy atom. The van der Waals surface area contributed by atoms with E-state index in [9.17, 15) is 14.4 Å². The second kappa shape index (κ2) is 8.49. The molecule has 0 radical (unpaired) electrons. The molecule has 1 saturated heterocycles. The lowest BCUT2D eigenvalue weighted by atomic mass is 10.0. The quantitative estimate of drug-likeness (QED) is 0.853. The second-order valence-corrected chi connectivity index (χ2v) is 6.48. The number of carbonyl (C=O) groups is 3. The van der Waals surface area contributed by atoms with Crippen LogP contribution < -0.4 is 10.6 Å². The molecule has 0 aromatic heterocycles. The molecule has 1 aliphatic rings. The summed E-state index contributed by atoms with van der Waals surface area (Å²) < 4.78 is 0. The van der Waals surface area contributed by atoms with Crippen molar-refractivity contribution in [3.63, 3.8) is 0 Å². The highest BCUT2D eigenvalue weighted by molar-refractivity contribution is 6.00. The van der Waals surface area contributed by atoms with Crippen molar-refractivity contribution in [2.75, 3.05) is 18.4 Å². The lowest BCUT2D eigenvalue weighted by Crippen LogP contribution is -2.58. The van der Waals surface area contributed by atoms with Crippen LogP contribution in [0.15, 0.2) is 54.6 Å². The summed E-state index contributed by atoms with van der Waals surface area (Å²) in [6, 6.07) is 15.9. The molecule has 1 aliphatic heterocycles. The number of rotatable bonds is 5. The molecule has 6 nitrogen and oxygen atoms in total. The molecule has 140 valence electrons. The fourth-order valence-corrected chi connectivity index (χ4v) is 3.14. The number of anilines is 1. The topological polar surface area (TPSA) is 78.5 Å². The summed E-state index contributed by atoms with van der Waals surface area (Å²) in [6.07, 6.45) is 0.828. The number of nitrogens with zero attached hydrogens (tertiary/aromatic N) is 1. The predicted molar refractivity (Wildman–Crippen MR) is 103 cm³/mol. The molecule has 3 amide bonds. The van der Waals surface area contributed by atoms with Gasteiger partial charge >= 0.3 is 0 Å². The van der Waals surface area contributed by atoms with Gasteiger partial charge in [0.15, 0.2) is 0 Å². The maximum atomic E-state index is 13.1. The maximum Gasteiger partial charge on any atom is 0.254 e. The minimum Gasteiger partial charge on any atom is -0.353 e. The molecule has 1 unspecified atom stereocenters. The first-order chi connectivity index (χ1) is 13.1. The lowest BCUT2D eigenvalue weighted by molar-refractivity contribution is -0.127. The zero-order valence-corrected chi connectivity index (χ0v) is 15.3. The van der Waals surface area contributed by atoms with Crippen LogP contribution in [0, 0.1) is 0 Å². The van der Waals surface area contributed by atoms with Gasteiger partial charge in [-0.2, -0.15) is 0 Å². The summed E-state index contributed by atoms with van der Waals surface area (Å²) in [5.74, 6) is -0.467. The van der Waals surface area contributed by atoms with E-state index in [-0.39, 0.29) is 17.7 Å². The molecule has 1 fully saturated rings. The molecule has 27 heavy (non-hydrogen) atoms. The Hall–Kier alpha value is -3.15. The Kier molecular flexibility index (Phi) is 5.86. The van der Waals surface area contributed by atoms with E-state index < -0.39 is 6.04 Å². The molecule has 6 heteroatoms. The van der Waals surface area contributed by atoms with Crippen LogP contribution in [0.4, 0.5) is 5.69 Å². The number of piperazine rings is 1. The summed E-state index contributed by atoms with van der Waals surface area (Å²) in [7, 11) is 0. The smallest absolute Gasteiger partial charge is 0.254 e.